The van der Waals surface area contributed by atoms with Gasteiger partial charge < -0.3 is 4.90 Å². The molecule has 4 heteroatoms. The zero-order chi connectivity index (χ0) is 16.8. The van der Waals surface area contributed by atoms with Gasteiger partial charge in [-0.1, -0.05) is 19.3 Å². The number of carbonyl (C=O) groups is 1. The molecule has 4 aliphatic rings. The molecule has 1 aromatic heterocycles. The van der Waals surface area contributed by atoms with Gasteiger partial charge in [0.25, 0.3) is 0 Å². The number of hydrogen-bond donors (Lipinski definition) is 0. The van der Waals surface area contributed by atoms with Gasteiger partial charge in [0.15, 0.2) is 0 Å². The molecule has 2 saturated heterocycles. The average Bonchev–Trinajstić information content (AvgIpc) is 3.24. The second-order valence-electron chi connectivity index (χ2n) is 8.73. The van der Waals surface area contributed by atoms with E-state index in [4.69, 9.17) is 0 Å². The topological polar surface area (TPSA) is 23.6 Å². The molecule has 2 aliphatic heterocycles. The quantitative estimate of drug-likeness (QED) is 0.812. The van der Waals surface area contributed by atoms with E-state index in [2.05, 4.69) is 26.6 Å². The molecule has 3 heterocycles. The van der Waals surface area contributed by atoms with Gasteiger partial charge in [-0.2, -0.15) is 11.3 Å². The van der Waals surface area contributed by atoms with Crippen LogP contribution < -0.4 is 0 Å². The zero-order valence-corrected chi connectivity index (χ0v) is 15.9. The van der Waals surface area contributed by atoms with Crippen molar-refractivity contribution in [3.8, 4) is 0 Å². The molecule has 3 atom stereocenters. The number of piperidine rings is 1. The molecule has 5 rings (SSSR count). The summed E-state index contributed by atoms with van der Waals surface area (Å²) >= 11 is 1.81. The fourth-order valence-corrected chi connectivity index (χ4v) is 6.42. The van der Waals surface area contributed by atoms with Gasteiger partial charge in [-0.15, -0.1) is 0 Å². The lowest BCUT2D eigenvalue weighted by Gasteiger charge is -2.43. The molecule has 0 radical (unpaired) electrons. The van der Waals surface area contributed by atoms with Crippen molar-refractivity contribution in [2.75, 3.05) is 19.6 Å². The molecule has 2 saturated carbocycles. The minimum absolute atomic E-state index is 0.359. The summed E-state index contributed by atoms with van der Waals surface area (Å²) in [6.45, 7) is 3.39. The molecule has 1 amide bonds. The van der Waals surface area contributed by atoms with Crippen LogP contribution in [0.1, 0.15) is 62.8 Å². The van der Waals surface area contributed by atoms with Crippen LogP contribution in [0.4, 0.5) is 0 Å². The van der Waals surface area contributed by atoms with E-state index in [9.17, 15) is 4.79 Å². The van der Waals surface area contributed by atoms with Crippen molar-refractivity contribution in [2.45, 2.75) is 69.4 Å². The van der Waals surface area contributed by atoms with E-state index in [1.54, 1.807) is 11.3 Å². The summed E-state index contributed by atoms with van der Waals surface area (Å²) in [6, 6.07) is 3.61. The lowest BCUT2D eigenvalue weighted by Crippen LogP contribution is -2.51. The third-order valence-electron chi connectivity index (χ3n) is 7.23. The predicted octanol–water partition coefficient (Wildman–Crippen LogP) is 4.11. The maximum atomic E-state index is 12.9. The molecule has 0 bridgehead atoms. The highest BCUT2D eigenvalue weighted by Gasteiger charge is 2.49. The zero-order valence-electron chi connectivity index (χ0n) is 15.1. The first kappa shape index (κ1) is 16.3. The molecule has 0 unspecified atom stereocenters. The largest absolute Gasteiger partial charge is 0.338 e. The first-order chi connectivity index (χ1) is 12.3. The summed E-state index contributed by atoms with van der Waals surface area (Å²) in [7, 11) is 0. The Morgan fingerprint density at radius 1 is 1.04 bits per heavy atom. The van der Waals surface area contributed by atoms with Gasteiger partial charge in [0, 0.05) is 49.5 Å². The van der Waals surface area contributed by atoms with Crippen LogP contribution in [0.5, 0.6) is 0 Å². The molecule has 4 fully saturated rings. The third kappa shape index (κ3) is 3.06. The number of fused-ring (bicyclic) bond motifs is 1. The molecular weight excluding hydrogens is 328 g/mol. The van der Waals surface area contributed by atoms with Gasteiger partial charge in [-0.05, 0) is 54.5 Å². The highest BCUT2D eigenvalue weighted by atomic mass is 32.1. The first-order valence-electron chi connectivity index (χ1n) is 10.4. The van der Waals surface area contributed by atoms with Crippen LogP contribution in [0.3, 0.4) is 0 Å². The van der Waals surface area contributed by atoms with Crippen molar-refractivity contribution in [3.63, 3.8) is 0 Å². The summed E-state index contributed by atoms with van der Waals surface area (Å²) in [5.74, 6) is 2.04. The van der Waals surface area contributed by atoms with Crippen molar-refractivity contribution in [3.05, 3.63) is 22.4 Å². The summed E-state index contributed by atoms with van der Waals surface area (Å²) in [6.07, 6.45) is 10.5. The molecule has 3 nitrogen and oxygen atoms in total. The Bertz CT molecular complexity index is 605. The molecule has 136 valence electrons. The van der Waals surface area contributed by atoms with Crippen LogP contribution in [0.2, 0.25) is 0 Å². The number of thiophene rings is 1. The maximum Gasteiger partial charge on any atom is 0.225 e. The van der Waals surface area contributed by atoms with Gasteiger partial charge in [0.1, 0.15) is 0 Å². The fourth-order valence-electron chi connectivity index (χ4n) is 5.70. The molecule has 25 heavy (non-hydrogen) atoms. The molecule has 1 aromatic rings. The van der Waals surface area contributed by atoms with E-state index in [0.29, 0.717) is 29.7 Å². The predicted molar refractivity (Wildman–Crippen MR) is 102 cm³/mol. The lowest BCUT2D eigenvalue weighted by molar-refractivity contribution is -0.134. The van der Waals surface area contributed by atoms with Gasteiger partial charge in [-0.3, -0.25) is 9.69 Å². The highest BCUT2D eigenvalue weighted by Crippen LogP contribution is 2.45. The molecular formula is C21H30N2OS. The smallest absolute Gasteiger partial charge is 0.225 e. The third-order valence-corrected chi connectivity index (χ3v) is 7.94. The van der Waals surface area contributed by atoms with E-state index >= 15 is 0 Å². The van der Waals surface area contributed by atoms with Crippen molar-refractivity contribution in [1.29, 1.82) is 0 Å². The SMILES string of the molecule is O=C(C1CC1)N1C[C@@H](c2ccsc2)[C@@H]2CN(C3CCCCC3)CC[C@@H]21. The molecule has 0 spiro atoms. The number of carbonyl (C=O) groups excluding carboxylic acids is 1. The summed E-state index contributed by atoms with van der Waals surface area (Å²) in [4.78, 5) is 18.0. The van der Waals surface area contributed by atoms with E-state index in [0.717, 1.165) is 25.4 Å². The van der Waals surface area contributed by atoms with Crippen molar-refractivity contribution >= 4 is 17.2 Å². The second-order valence-corrected chi connectivity index (χ2v) is 9.51. The Balaban J connectivity index is 1.37. The minimum atomic E-state index is 0.359. The van der Waals surface area contributed by atoms with Crippen molar-refractivity contribution < 1.29 is 4.79 Å². The van der Waals surface area contributed by atoms with Gasteiger partial charge >= 0.3 is 0 Å². The molecule has 0 aromatic carbocycles. The number of nitrogens with zero attached hydrogens (tertiary/aromatic N) is 2. The van der Waals surface area contributed by atoms with Crippen LogP contribution in [0.25, 0.3) is 0 Å². The van der Waals surface area contributed by atoms with Crippen molar-refractivity contribution in [2.24, 2.45) is 11.8 Å². The minimum Gasteiger partial charge on any atom is -0.338 e. The van der Waals surface area contributed by atoms with E-state index in [1.807, 2.05) is 0 Å². The fraction of sp³-hybridized carbons (Fsp3) is 0.762. The molecule has 2 aliphatic carbocycles. The Labute approximate surface area is 155 Å². The normalized spacial score (nSPS) is 34.2. The van der Waals surface area contributed by atoms with Crippen LogP contribution in [0, 0.1) is 11.8 Å². The van der Waals surface area contributed by atoms with E-state index in [-0.39, 0.29) is 0 Å². The second kappa shape index (κ2) is 6.70. The van der Waals surface area contributed by atoms with Crippen LogP contribution in [0.15, 0.2) is 16.8 Å². The number of hydrogen-bond acceptors (Lipinski definition) is 3. The maximum absolute atomic E-state index is 12.9. The van der Waals surface area contributed by atoms with Crippen LogP contribution in [-0.2, 0) is 4.79 Å². The van der Waals surface area contributed by atoms with Gasteiger partial charge in [-0.25, -0.2) is 0 Å². The number of rotatable bonds is 3. The standard InChI is InChI=1S/C21H30N2OS/c24-21(15-6-7-15)23-13-18(16-9-11-25-14-16)19-12-22(10-8-20(19)23)17-4-2-1-3-5-17/h9,11,14-15,17-20H,1-8,10,12-13H2/t18-,19-,20-/m0/s1. The first-order valence-corrected chi connectivity index (χ1v) is 11.3. The Morgan fingerprint density at radius 3 is 2.60 bits per heavy atom. The Hall–Kier alpha value is -0.870. The van der Waals surface area contributed by atoms with Crippen LogP contribution >= 0.6 is 11.3 Å². The summed E-state index contributed by atoms with van der Waals surface area (Å²) in [5, 5.41) is 4.53. The van der Waals surface area contributed by atoms with Crippen molar-refractivity contribution in [1.82, 2.24) is 9.80 Å². The number of amides is 1. The molecule has 0 N–H and O–H groups in total. The van der Waals surface area contributed by atoms with Gasteiger partial charge in [0.05, 0.1) is 0 Å². The highest BCUT2D eigenvalue weighted by molar-refractivity contribution is 7.08. The monoisotopic (exact) mass is 358 g/mol. The lowest BCUT2D eigenvalue weighted by atomic mass is 9.81. The Morgan fingerprint density at radius 2 is 1.88 bits per heavy atom. The van der Waals surface area contributed by atoms with E-state index in [1.165, 1.54) is 57.2 Å². The average molecular weight is 359 g/mol. The Kier molecular flexibility index (Phi) is 4.37. The van der Waals surface area contributed by atoms with Gasteiger partial charge in [0.2, 0.25) is 5.91 Å². The van der Waals surface area contributed by atoms with Crippen LogP contribution in [-0.4, -0.2) is 47.4 Å². The summed E-state index contributed by atoms with van der Waals surface area (Å²) in [5.41, 5.74) is 1.48. The summed E-state index contributed by atoms with van der Waals surface area (Å²) < 4.78 is 0. The van der Waals surface area contributed by atoms with E-state index < -0.39 is 0 Å². The number of likely N-dealkylation sites (tertiary alicyclic amines) is 2.